The summed E-state index contributed by atoms with van der Waals surface area (Å²) in [5.41, 5.74) is 3.15. The van der Waals surface area contributed by atoms with Crippen LogP contribution in [0.3, 0.4) is 0 Å². The van der Waals surface area contributed by atoms with Gasteiger partial charge < -0.3 is 4.74 Å². The van der Waals surface area contributed by atoms with Gasteiger partial charge in [0.05, 0.1) is 18.1 Å². The first-order chi connectivity index (χ1) is 12.2. The fraction of sp³-hybridized carbons (Fsp3) is 0.318. The van der Waals surface area contributed by atoms with Crippen molar-refractivity contribution in [2.75, 3.05) is 0 Å². The Morgan fingerprint density at radius 3 is 2.44 bits per heavy atom. The zero-order valence-electron chi connectivity index (χ0n) is 14.0. The van der Waals surface area contributed by atoms with Crippen LogP contribution in [-0.4, -0.2) is 5.78 Å². The maximum atomic E-state index is 13.1. The lowest BCUT2D eigenvalue weighted by Crippen LogP contribution is -2.19. The molecule has 2 aliphatic rings. The van der Waals surface area contributed by atoms with Gasteiger partial charge in [0.15, 0.2) is 5.78 Å². The maximum absolute atomic E-state index is 13.1. The highest BCUT2D eigenvalue weighted by Gasteiger charge is 2.42. The van der Waals surface area contributed by atoms with E-state index in [1.165, 1.54) is 0 Å². The number of allylic oxidation sites excluding steroid dienone is 2. The van der Waals surface area contributed by atoms with Gasteiger partial charge in [0, 0.05) is 5.02 Å². The molecule has 0 aromatic heterocycles. The highest BCUT2D eigenvalue weighted by atomic mass is 35.5. The normalized spacial score (nSPS) is 25.8. The second-order valence-corrected chi connectivity index (χ2v) is 7.27. The lowest BCUT2D eigenvalue weighted by molar-refractivity contribution is -0.121. The van der Waals surface area contributed by atoms with E-state index in [2.05, 4.69) is 18.2 Å². The molecule has 1 aliphatic carbocycles. The van der Waals surface area contributed by atoms with Gasteiger partial charge in [-0.05, 0) is 54.5 Å². The van der Waals surface area contributed by atoms with Crippen LogP contribution in [0.2, 0.25) is 5.02 Å². The van der Waals surface area contributed by atoms with Crippen LogP contribution in [-0.2, 0) is 9.53 Å². The smallest absolute Gasteiger partial charge is 0.164 e. The molecule has 3 atom stereocenters. The van der Waals surface area contributed by atoms with Crippen LogP contribution in [0.1, 0.15) is 49.0 Å². The van der Waals surface area contributed by atoms with Gasteiger partial charge in [-0.25, -0.2) is 0 Å². The molecule has 0 saturated carbocycles. The SMILES string of the molecule is O=C(C1=CCCC1)[C@@H]1C[C@H](c2ccccc2)O[C@@H]1c1ccc(Cl)cc1. The van der Waals surface area contributed by atoms with Crippen molar-refractivity contribution in [3.8, 4) is 0 Å². The largest absolute Gasteiger partial charge is 0.365 e. The standard InChI is InChI=1S/C22H21ClO2/c23-18-12-10-17(11-13-18)22-19(21(24)16-8-4-5-9-16)14-20(25-22)15-6-2-1-3-7-15/h1-3,6-8,10-13,19-20,22H,4-5,9,14H2/t19-,20+,22+/m0/s1. The number of ether oxygens (including phenoxy) is 1. The van der Waals surface area contributed by atoms with Crippen LogP contribution in [0.4, 0.5) is 0 Å². The third kappa shape index (κ3) is 3.42. The average molecular weight is 353 g/mol. The average Bonchev–Trinajstić information content (AvgIpc) is 3.33. The minimum absolute atomic E-state index is 0.0437. The van der Waals surface area contributed by atoms with Crippen LogP contribution in [0, 0.1) is 5.92 Å². The van der Waals surface area contributed by atoms with Crippen molar-refractivity contribution in [2.24, 2.45) is 5.92 Å². The van der Waals surface area contributed by atoms with E-state index in [1.807, 2.05) is 42.5 Å². The second kappa shape index (κ2) is 7.15. The minimum atomic E-state index is -0.212. The summed E-state index contributed by atoms with van der Waals surface area (Å²) in [6, 6.07) is 17.9. The van der Waals surface area contributed by atoms with Crippen molar-refractivity contribution in [2.45, 2.75) is 37.9 Å². The number of hydrogen-bond acceptors (Lipinski definition) is 2. The van der Waals surface area contributed by atoms with Crippen LogP contribution in [0.15, 0.2) is 66.2 Å². The van der Waals surface area contributed by atoms with E-state index in [0.717, 1.165) is 42.4 Å². The summed E-state index contributed by atoms with van der Waals surface area (Å²) in [5, 5.41) is 0.697. The van der Waals surface area contributed by atoms with Gasteiger partial charge in [-0.15, -0.1) is 0 Å². The number of rotatable bonds is 4. The molecule has 4 rings (SSSR count). The number of carbonyl (C=O) groups excluding carboxylic acids is 1. The Kier molecular flexibility index (Phi) is 4.74. The van der Waals surface area contributed by atoms with Crippen molar-refractivity contribution in [3.63, 3.8) is 0 Å². The number of Topliss-reactive ketones (excluding diaryl/α,β-unsaturated/α-hetero) is 1. The Bertz CT molecular complexity index is 779. The van der Waals surface area contributed by atoms with E-state index in [1.54, 1.807) is 0 Å². The molecular weight excluding hydrogens is 332 g/mol. The fourth-order valence-electron chi connectivity index (χ4n) is 3.90. The first kappa shape index (κ1) is 16.6. The quantitative estimate of drug-likeness (QED) is 0.691. The molecule has 2 aromatic carbocycles. The van der Waals surface area contributed by atoms with Gasteiger partial charge in [0.2, 0.25) is 0 Å². The van der Waals surface area contributed by atoms with Gasteiger partial charge in [-0.2, -0.15) is 0 Å². The molecule has 1 saturated heterocycles. The molecule has 0 spiro atoms. The fourth-order valence-corrected chi connectivity index (χ4v) is 4.03. The van der Waals surface area contributed by atoms with E-state index in [0.29, 0.717) is 5.02 Å². The minimum Gasteiger partial charge on any atom is -0.365 e. The number of halogens is 1. The van der Waals surface area contributed by atoms with Crippen LogP contribution >= 0.6 is 11.6 Å². The molecule has 0 unspecified atom stereocenters. The number of hydrogen-bond donors (Lipinski definition) is 0. The lowest BCUT2D eigenvalue weighted by Gasteiger charge is -2.19. The van der Waals surface area contributed by atoms with Gasteiger partial charge in [-0.3, -0.25) is 4.79 Å². The number of benzene rings is 2. The Morgan fingerprint density at radius 2 is 1.76 bits per heavy atom. The molecule has 0 amide bonds. The Labute approximate surface area is 153 Å². The molecule has 25 heavy (non-hydrogen) atoms. The van der Waals surface area contributed by atoms with Gasteiger partial charge in [-0.1, -0.05) is 60.1 Å². The van der Waals surface area contributed by atoms with E-state index in [-0.39, 0.29) is 23.9 Å². The first-order valence-electron chi connectivity index (χ1n) is 8.91. The predicted molar refractivity (Wildman–Crippen MR) is 99.5 cm³/mol. The molecule has 1 heterocycles. The Morgan fingerprint density at radius 1 is 1.00 bits per heavy atom. The molecule has 0 radical (unpaired) electrons. The highest BCUT2D eigenvalue weighted by molar-refractivity contribution is 6.30. The molecule has 1 fully saturated rings. The molecule has 0 bridgehead atoms. The summed E-state index contributed by atoms with van der Waals surface area (Å²) in [4.78, 5) is 13.1. The van der Waals surface area contributed by atoms with E-state index < -0.39 is 0 Å². The van der Waals surface area contributed by atoms with Crippen LogP contribution in [0.5, 0.6) is 0 Å². The van der Waals surface area contributed by atoms with Crippen LogP contribution in [0.25, 0.3) is 0 Å². The van der Waals surface area contributed by atoms with Crippen molar-refractivity contribution in [3.05, 3.63) is 82.4 Å². The topological polar surface area (TPSA) is 26.3 Å². The number of ketones is 1. The lowest BCUT2D eigenvalue weighted by atomic mass is 9.86. The summed E-state index contributed by atoms with van der Waals surface area (Å²) < 4.78 is 6.38. The molecule has 128 valence electrons. The zero-order valence-corrected chi connectivity index (χ0v) is 14.8. The summed E-state index contributed by atoms with van der Waals surface area (Å²) >= 11 is 6.03. The molecular formula is C22H21ClO2. The second-order valence-electron chi connectivity index (χ2n) is 6.84. The molecule has 0 N–H and O–H groups in total. The molecule has 3 heteroatoms. The summed E-state index contributed by atoms with van der Waals surface area (Å²) in [7, 11) is 0. The summed E-state index contributed by atoms with van der Waals surface area (Å²) in [6.07, 6.45) is 5.59. The van der Waals surface area contributed by atoms with Gasteiger partial charge in [0.1, 0.15) is 0 Å². The summed E-state index contributed by atoms with van der Waals surface area (Å²) in [6.45, 7) is 0. The molecule has 2 aromatic rings. The van der Waals surface area contributed by atoms with Gasteiger partial charge in [0.25, 0.3) is 0 Å². The molecule has 2 nitrogen and oxygen atoms in total. The van der Waals surface area contributed by atoms with E-state index in [9.17, 15) is 4.79 Å². The van der Waals surface area contributed by atoms with Crippen molar-refractivity contribution >= 4 is 17.4 Å². The van der Waals surface area contributed by atoms with Crippen molar-refractivity contribution in [1.82, 2.24) is 0 Å². The van der Waals surface area contributed by atoms with Crippen LogP contribution < -0.4 is 0 Å². The monoisotopic (exact) mass is 352 g/mol. The van der Waals surface area contributed by atoms with E-state index >= 15 is 0 Å². The number of carbonyl (C=O) groups is 1. The first-order valence-corrected chi connectivity index (χ1v) is 9.29. The Hall–Kier alpha value is -1.90. The Balaban J connectivity index is 1.65. The maximum Gasteiger partial charge on any atom is 0.164 e. The van der Waals surface area contributed by atoms with Crippen molar-refractivity contribution in [1.29, 1.82) is 0 Å². The third-order valence-electron chi connectivity index (χ3n) is 5.21. The molecule has 1 aliphatic heterocycles. The highest BCUT2D eigenvalue weighted by Crippen LogP contribution is 2.47. The van der Waals surface area contributed by atoms with E-state index in [4.69, 9.17) is 16.3 Å². The summed E-state index contributed by atoms with van der Waals surface area (Å²) in [5.74, 6) is 0.131. The van der Waals surface area contributed by atoms with Gasteiger partial charge >= 0.3 is 0 Å². The third-order valence-corrected chi connectivity index (χ3v) is 5.46. The predicted octanol–water partition coefficient (Wildman–Crippen LogP) is 5.84. The zero-order chi connectivity index (χ0) is 17.2. The van der Waals surface area contributed by atoms with Crippen molar-refractivity contribution < 1.29 is 9.53 Å².